The summed E-state index contributed by atoms with van der Waals surface area (Å²) in [6.45, 7) is 5.52. The Morgan fingerprint density at radius 1 is 1.00 bits per heavy atom. The largest absolute Gasteiger partial charge is 0.398 e. The number of hydrogen-bond donors (Lipinski definition) is 3. The Balaban J connectivity index is 2.08. The van der Waals surface area contributed by atoms with E-state index in [4.69, 9.17) is 10.7 Å². The molecule has 2 aromatic carbocycles. The molecular formula is C24H28N4O. The molecule has 29 heavy (non-hydrogen) atoms. The van der Waals surface area contributed by atoms with Gasteiger partial charge >= 0.3 is 0 Å². The number of para-hydroxylation sites is 1. The van der Waals surface area contributed by atoms with Crippen LogP contribution in [0.15, 0.2) is 54.6 Å². The summed E-state index contributed by atoms with van der Waals surface area (Å²) in [6.07, 6.45) is 0.859. The molecule has 150 valence electrons. The van der Waals surface area contributed by atoms with Gasteiger partial charge in [-0.2, -0.15) is 0 Å². The molecule has 0 bridgehead atoms. The molecule has 5 nitrogen and oxygen atoms in total. The van der Waals surface area contributed by atoms with Crippen LogP contribution in [0.1, 0.15) is 28.0 Å². The Labute approximate surface area is 172 Å². The number of carbonyl (C=O) groups excluding carboxylic acids is 1. The van der Waals surface area contributed by atoms with Crippen molar-refractivity contribution < 1.29 is 4.79 Å². The number of aryl methyl sites for hydroxylation is 1. The molecule has 3 rings (SSSR count). The van der Waals surface area contributed by atoms with Crippen LogP contribution in [0.5, 0.6) is 0 Å². The molecule has 1 heterocycles. The Hall–Kier alpha value is -3.18. The van der Waals surface area contributed by atoms with Crippen molar-refractivity contribution >= 4 is 11.6 Å². The number of nitrogens with one attached hydrogen (secondary N) is 2. The van der Waals surface area contributed by atoms with E-state index in [1.165, 1.54) is 5.56 Å². The van der Waals surface area contributed by atoms with Crippen LogP contribution in [0.4, 0.5) is 5.69 Å². The zero-order chi connectivity index (χ0) is 20.8. The summed E-state index contributed by atoms with van der Waals surface area (Å²) in [7, 11) is 1.90. The number of benzene rings is 2. The van der Waals surface area contributed by atoms with E-state index < -0.39 is 0 Å². The Kier molecular flexibility index (Phi) is 6.62. The fourth-order valence-electron chi connectivity index (χ4n) is 3.30. The van der Waals surface area contributed by atoms with Gasteiger partial charge in [0.25, 0.3) is 5.91 Å². The van der Waals surface area contributed by atoms with Crippen LogP contribution in [0.2, 0.25) is 0 Å². The van der Waals surface area contributed by atoms with Gasteiger partial charge in [0.1, 0.15) is 5.69 Å². The summed E-state index contributed by atoms with van der Waals surface area (Å²) in [6, 6.07) is 17.7. The molecule has 0 aliphatic carbocycles. The second-order valence-electron chi connectivity index (χ2n) is 7.19. The molecule has 0 radical (unpaired) electrons. The number of rotatable bonds is 7. The third-order valence-corrected chi connectivity index (χ3v) is 4.97. The van der Waals surface area contributed by atoms with Crippen molar-refractivity contribution in [2.45, 2.75) is 20.3 Å². The van der Waals surface area contributed by atoms with Crippen LogP contribution < -0.4 is 16.4 Å². The fraction of sp³-hybridized carbons (Fsp3) is 0.250. The summed E-state index contributed by atoms with van der Waals surface area (Å²) < 4.78 is 0. The second-order valence-corrected chi connectivity index (χ2v) is 7.19. The quantitative estimate of drug-likeness (QED) is 0.423. The first-order valence-electron chi connectivity index (χ1n) is 9.87. The van der Waals surface area contributed by atoms with Crippen molar-refractivity contribution in [1.29, 1.82) is 0 Å². The molecule has 0 aliphatic heterocycles. The molecule has 0 fully saturated rings. The zero-order valence-corrected chi connectivity index (χ0v) is 17.3. The summed E-state index contributed by atoms with van der Waals surface area (Å²) >= 11 is 0. The monoisotopic (exact) mass is 388 g/mol. The fourth-order valence-corrected chi connectivity index (χ4v) is 3.30. The van der Waals surface area contributed by atoms with Gasteiger partial charge in [-0.05, 0) is 57.1 Å². The van der Waals surface area contributed by atoms with Crippen LogP contribution in [0, 0.1) is 13.8 Å². The van der Waals surface area contributed by atoms with E-state index in [1.807, 2.05) is 56.4 Å². The molecule has 5 heteroatoms. The highest BCUT2D eigenvalue weighted by molar-refractivity contribution is 5.96. The highest BCUT2D eigenvalue weighted by Crippen LogP contribution is 2.34. The van der Waals surface area contributed by atoms with E-state index in [0.717, 1.165) is 40.9 Å². The first-order valence-corrected chi connectivity index (χ1v) is 9.87. The topological polar surface area (TPSA) is 80.0 Å². The lowest BCUT2D eigenvalue weighted by Gasteiger charge is -2.16. The number of carbonyl (C=O) groups is 1. The van der Waals surface area contributed by atoms with E-state index >= 15 is 0 Å². The van der Waals surface area contributed by atoms with Gasteiger partial charge in [-0.1, -0.05) is 48.0 Å². The first-order chi connectivity index (χ1) is 14.0. The molecule has 1 aromatic heterocycles. The lowest BCUT2D eigenvalue weighted by Crippen LogP contribution is -2.27. The van der Waals surface area contributed by atoms with Gasteiger partial charge in [-0.25, -0.2) is 4.98 Å². The predicted molar refractivity (Wildman–Crippen MR) is 120 cm³/mol. The average Bonchev–Trinajstić information content (AvgIpc) is 2.72. The van der Waals surface area contributed by atoms with Crippen molar-refractivity contribution in [3.63, 3.8) is 0 Å². The van der Waals surface area contributed by atoms with Crippen molar-refractivity contribution in [2.75, 3.05) is 25.9 Å². The number of nitrogens with two attached hydrogens (primary N) is 1. The maximum Gasteiger partial charge on any atom is 0.269 e. The number of amides is 1. The van der Waals surface area contributed by atoms with Gasteiger partial charge in [0, 0.05) is 23.4 Å². The van der Waals surface area contributed by atoms with Crippen LogP contribution >= 0.6 is 0 Å². The molecule has 0 atom stereocenters. The molecule has 0 unspecified atom stereocenters. The molecule has 0 saturated heterocycles. The molecule has 0 aliphatic rings. The summed E-state index contributed by atoms with van der Waals surface area (Å²) in [5, 5.41) is 6.04. The van der Waals surface area contributed by atoms with Gasteiger partial charge in [0.05, 0.1) is 5.69 Å². The van der Waals surface area contributed by atoms with Gasteiger partial charge < -0.3 is 16.4 Å². The smallest absolute Gasteiger partial charge is 0.269 e. The Morgan fingerprint density at radius 3 is 2.41 bits per heavy atom. The normalized spacial score (nSPS) is 10.7. The number of aromatic nitrogens is 1. The predicted octanol–water partition coefficient (Wildman–Crippen LogP) is 3.95. The Bertz CT molecular complexity index is 996. The molecule has 4 N–H and O–H groups in total. The minimum absolute atomic E-state index is 0.176. The molecule has 3 aromatic rings. The Morgan fingerprint density at radius 2 is 1.72 bits per heavy atom. The molecule has 0 spiro atoms. The third-order valence-electron chi connectivity index (χ3n) is 4.97. The van der Waals surface area contributed by atoms with E-state index in [0.29, 0.717) is 17.9 Å². The lowest BCUT2D eigenvalue weighted by atomic mass is 9.94. The lowest BCUT2D eigenvalue weighted by molar-refractivity contribution is 0.0948. The van der Waals surface area contributed by atoms with E-state index in [9.17, 15) is 4.79 Å². The molecule has 1 amide bonds. The van der Waals surface area contributed by atoms with Crippen LogP contribution in [-0.2, 0) is 0 Å². The van der Waals surface area contributed by atoms with Crippen LogP contribution in [0.3, 0.4) is 0 Å². The number of nitrogen functional groups attached to an aromatic ring is 1. The van der Waals surface area contributed by atoms with E-state index in [2.05, 4.69) is 29.7 Å². The van der Waals surface area contributed by atoms with Gasteiger partial charge in [-0.15, -0.1) is 0 Å². The van der Waals surface area contributed by atoms with E-state index in [1.54, 1.807) is 0 Å². The molecular weight excluding hydrogens is 360 g/mol. The third kappa shape index (κ3) is 4.81. The molecule has 0 saturated carbocycles. The highest BCUT2D eigenvalue weighted by atomic mass is 16.1. The van der Waals surface area contributed by atoms with Gasteiger partial charge in [-0.3, -0.25) is 4.79 Å². The number of hydrogen-bond acceptors (Lipinski definition) is 4. The highest BCUT2D eigenvalue weighted by Gasteiger charge is 2.17. The van der Waals surface area contributed by atoms with Gasteiger partial charge in [0.2, 0.25) is 0 Å². The van der Waals surface area contributed by atoms with Crippen LogP contribution in [0.25, 0.3) is 22.4 Å². The second kappa shape index (κ2) is 9.34. The number of pyridine rings is 1. The minimum Gasteiger partial charge on any atom is -0.398 e. The summed E-state index contributed by atoms with van der Waals surface area (Å²) in [5.41, 5.74) is 13.1. The zero-order valence-electron chi connectivity index (χ0n) is 17.3. The van der Waals surface area contributed by atoms with Crippen molar-refractivity contribution in [1.82, 2.24) is 15.6 Å². The van der Waals surface area contributed by atoms with E-state index in [-0.39, 0.29) is 5.91 Å². The van der Waals surface area contributed by atoms with Crippen molar-refractivity contribution in [2.24, 2.45) is 0 Å². The van der Waals surface area contributed by atoms with Crippen molar-refractivity contribution in [3.05, 3.63) is 71.4 Å². The first kappa shape index (κ1) is 20.6. The number of nitrogens with zero attached hydrogens (tertiary/aromatic N) is 1. The van der Waals surface area contributed by atoms with Crippen molar-refractivity contribution in [3.8, 4) is 22.4 Å². The maximum absolute atomic E-state index is 12.8. The summed E-state index contributed by atoms with van der Waals surface area (Å²) in [5.74, 6) is -0.176. The SMILES string of the molecule is CNCCCNC(=O)c1cc(-c2ccccc2N)c(C)c(-c2ccc(C)cc2)n1. The maximum atomic E-state index is 12.8. The minimum atomic E-state index is -0.176. The standard InChI is InChI=1S/C24H28N4O/c1-16-9-11-18(12-10-16)23-17(2)20(19-7-4-5-8-21(19)25)15-22(28-23)24(29)27-14-6-13-26-3/h4-5,7-12,15,26H,6,13-14,25H2,1-3H3,(H,27,29). The summed E-state index contributed by atoms with van der Waals surface area (Å²) in [4.78, 5) is 17.5. The van der Waals surface area contributed by atoms with Crippen LogP contribution in [-0.4, -0.2) is 31.0 Å². The average molecular weight is 389 g/mol. The van der Waals surface area contributed by atoms with Gasteiger partial charge in [0.15, 0.2) is 0 Å². The number of anilines is 1.